The van der Waals surface area contributed by atoms with Gasteiger partial charge in [-0.15, -0.1) is 0 Å². The molecule has 0 saturated heterocycles. The van der Waals surface area contributed by atoms with E-state index in [1.54, 1.807) is 14.2 Å². The molecule has 0 spiro atoms. The van der Waals surface area contributed by atoms with Crippen molar-refractivity contribution in [3.8, 4) is 11.5 Å². The fourth-order valence-electron chi connectivity index (χ4n) is 4.32. The topological polar surface area (TPSA) is 27.7 Å². The smallest absolute Gasteiger partial charge is 0.161 e. The number of benzene rings is 2. The van der Waals surface area contributed by atoms with Gasteiger partial charge in [-0.05, 0) is 72.1 Å². The molecule has 3 nitrogen and oxygen atoms in total. The molecule has 5 heteroatoms. The number of alkyl halides is 1. The van der Waals surface area contributed by atoms with Crippen molar-refractivity contribution in [1.29, 1.82) is 0 Å². The fraction of sp³-hybridized carbons (Fsp3) is 0.500. The summed E-state index contributed by atoms with van der Waals surface area (Å²) in [7, 11) is 3.30. The van der Waals surface area contributed by atoms with Crippen molar-refractivity contribution < 1.29 is 18.6 Å². The highest BCUT2D eigenvalue weighted by Crippen LogP contribution is 2.49. The van der Waals surface area contributed by atoms with Crippen molar-refractivity contribution in [2.45, 2.75) is 38.7 Å². The number of rotatable bonds is 8. The molecule has 3 rings (SSSR count). The van der Waals surface area contributed by atoms with Crippen LogP contribution < -0.4 is 9.47 Å². The van der Waals surface area contributed by atoms with E-state index >= 15 is 0 Å². The molecule has 0 amide bonds. The van der Waals surface area contributed by atoms with Gasteiger partial charge >= 0.3 is 0 Å². The van der Waals surface area contributed by atoms with Gasteiger partial charge in [0.05, 0.1) is 20.8 Å². The maximum atomic E-state index is 13.7. The van der Waals surface area contributed by atoms with Crippen LogP contribution in [0.3, 0.4) is 0 Å². The summed E-state index contributed by atoms with van der Waals surface area (Å²) in [6.45, 7) is 5.09. The molecule has 158 valence electrons. The van der Waals surface area contributed by atoms with E-state index in [4.69, 9.17) is 14.2 Å². The van der Waals surface area contributed by atoms with Gasteiger partial charge in [0.15, 0.2) is 11.5 Å². The lowest BCUT2D eigenvalue weighted by atomic mass is 9.71. The number of ether oxygens (including phenoxy) is 3. The molecule has 0 N–H and O–H groups in total. The minimum Gasteiger partial charge on any atom is -0.493 e. The second-order valence-electron chi connectivity index (χ2n) is 7.94. The highest BCUT2D eigenvalue weighted by atomic mass is 79.9. The quantitative estimate of drug-likeness (QED) is 0.441. The first-order valence-electron chi connectivity index (χ1n) is 10.2. The Bertz CT molecular complexity index is 824. The Morgan fingerprint density at radius 1 is 1.07 bits per heavy atom. The summed E-state index contributed by atoms with van der Waals surface area (Å²) in [5.41, 5.74) is 2.61. The van der Waals surface area contributed by atoms with Crippen LogP contribution in [0.2, 0.25) is 0 Å². The van der Waals surface area contributed by atoms with Crippen LogP contribution in [0.15, 0.2) is 36.4 Å². The van der Waals surface area contributed by atoms with E-state index < -0.39 is 5.60 Å². The van der Waals surface area contributed by atoms with E-state index in [0.717, 1.165) is 41.5 Å². The van der Waals surface area contributed by atoms with Crippen LogP contribution in [0.4, 0.5) is 4.39 Å². The molecule has 0 radical (unpaired) electrons. The predicted molar refractivity (Wildman–Crippen MR) is 118 cm³/mol. The average Bonchev–Trinajstić information content (AvgIpc) is 2.76. The van der Waals surface area contributed by atoms with E-state index in [-0.39, 0.29) is 11.7 Å². The Labute approximate surface area is 181 Å². The van der Waals surface area contributed by atoms with Gasteiger partial charge in [-0.1, -0.05) is 41.9 Å². The van der Waals surface area contributed by atoms with Crippen molar-refractivity contribution >= 4 is 15.9 Å². The summed E-state index contributed by atoms with van der Waals surface area (Å²) >= 11 is 3.58. The van der Waals surface area contributed by atoms with Crippen molar-refractivity contribution in [2.24, 2.45) is 11.8 Å². The van der Waals surface area contributed by atoms with Gasteiger partial charge in [0.1, 0.15) is 11.4 Å². The third-order valence-corrected chi connectivity index (χ3v) is 7.14. The van der Waals surface area contributed by atoms with Gasteiger partial charge in [-0.25, -0.2) is 4.39 Å². The molecule has 0 bridgehead atoms. The summed E-state index contributed by atoms with van der Waals surface area (Å²) in [5.74, 6) is 1.95. The molecule has 2 aromatic carbocycles. The van der Waals surface area contributed by atoms with Crippen molar-refractivity contribution in [3.05, 3.63) is 58.9 Å². The fourth-order valence-corrected chi connectivity index (χ4v) is 4.64. The van der Waals surface area contributed by atoms with Crippen LogP contribution in [-0.4, -0.2) is 26.2 Å². The van der Waals surface area contributed by atoms with Crippen molar-refractivity contribution in [3.63, 3.8) is 0 Å². The second-order valence-corrected chi connectivity index (χ2v) is 8.59. The van der Waals surface area contributed by atoms with E-state index in [9.17, 15) is 4.39 Å². The summed E-state index contributed by atoms with van der Waals surface area (Å²) in [4.78, 5) is 0. The normalized spacial score (nSPS) is 20.6. The monoisotopic (exact) mass is 464 g/mol. The lowest BCUT2D eigenvalue weighted by Gasteiger charge is -2.44. The van der Waals surface area contributed by atoms with Gasteiger partial charge in [-0.3, -0.25) is 0 Å². The van der Waals surface area contributed by atoms with Crippen molar-refractivity contribution in [2.75, 3.05) is 26.2 Å². The lowest BCUT2D eigenvalue weighted by Crippen LogP contribution is -2.42. The zero-order valence-corrected chi connectivity index (χ0v) is 19.2. The molecule has 0 fully saturated rings. The highest BCUT2D eigenvalue weighted by molar-refractivity contribution is 9.09. The third kappa shape index (κ3) is 4.31. The maximum Gasteiger partial charge on any atom is 0.161 e. The predicted octanol–water partition coefficient (Wildman–Crippen LogP) is 6.11. The molecule has 1 aliphatic heterocycles. The van der Waals surface area contributed by atoms with Gasteiger partial charge in [-0.2, -0.15) is 0 Å². The standard InChI is InChI=1S/C24H30BrFO3/c1-16(15-25)5-6-17(2)24(19-7-9-20(26)10-8-19)21-14-23(28-4)22(27-3)13-18(21)11-12-29-24/h7-10,13-14,16-17H,5-6,11-12,15H2,1-4H3. The van der Waals surface area contributed by atoms with Gasteiger partial charge in [0.25, 0.3) is 0 Å². The molecular formula is C24H30BrFO3. The third-order valence-electron chi connectivity index (χ3n) is 6.03. The largest absolute Gasteiger partial charge is 0.493 e. The number of hydrogen-bond donors (Lipinski definition) is 0. The van der Waals surface area contributed by atoms with Crippen LogP contribution in [0.1, 0.15) is 43.4 Å². The van der Waals surface area contributed by atoms with Crippen LogP contribution in [0.25, 0.3) is 0 Å². The molecule has 0 saturated carbocycles. The van der Waals surface area contributed by atoms with E-state index in [0.29, 0.717) is 18.3 Å². The first-order chi connectivity index (χ1) is 14.0. The molecule has 3 atom stereocenters. The maximum absolute atomic E-state index is 13.7. The number of methoxy groups -OCH3 is 2. The molecule has 3 unspecified atom stereocenters. The van der Waals surface area contributed by atoms with Crippen LogP contribution in [0, 0.1) is 17.7 Å². The first kappa shape index (κ1) is 22.1. The minimum absolute atomic E-state index is 0.201. The molecule has 1 heterocycles. The molecule has 1 aliphatic rings. The van der Waals surface area contributed by atoms with Crippen LogP contribution in [-0.2, 0) is 16.8 Å². The Hall–Kier alpha value is -1.59. The van der Waals surface area contributed by atoms with E-state index in [1.807, 2.05) is 18.2 Å². The minimum atomic E-state index is -0.646. The lowest BCUT2D eigenvalue weighted by molar-refractivity contribution is -0.0697. The number of hydrogen-bond acceptors (Lipinski definition) is 3. The summed E-state index contributed by atoms with van der Waals surface area (Å²) in [6, 6.07) is 10.8. The molecule has 29 heavy (non-hydrogen) atoms. The Morgan fingerprint density at radius 3 is 2.34 bits per heavy atom. The SMILES string of the molecule is COc1cc2c(cc1OC)C(c1ccc(F)cc1)(C(C)CCC(C)CBr)OCC2. The zero-order chi connectivity index (χ0) is 21.0. The van der Waals surface area contributed by atoms with Crippen molar-refractivity contribution in [1.82, 2.24) is 0 Å². The average molecular weight is 465 g/mol. The molecular weight excluding hydrogens is 435 g/mol. The highest BCUT2D eigenvalue weighted by Gasteiger charge is 2.45. The first-order valence-corrected chi connectivity index (χ1v) is 11.3. The van der Waals surface area contributed by atoms with E-state index in [1.165, 1.54) is 17.7 Å². The Kier molecular flexibility index (Phi) is 7.23. The van der Waals surface area contributed by atoms with Gasteiger partial charge in [0, 0.05) is 5.33 Å². The van der Waals surface area contributed by atoms with E-state index in [2.05, 4.69) is 35.8 Å². The zero-order valence-electron chi connectivity index (χ0n) is 17.6. The number of halogens is 2. The molecule has 0 aliphatic carbocycles. The van der Waals surface area contributed by atoms with Gasteiger partial charge < -0.3 is 14.2 Å². The van der Waals surface area contributed by atoms with Crippen LogP contribution in [0.5, 0.6) is 11.5 Å². The second kappa shape index (κ2) is 9.48. The van der Waals surface area contributed by atoms with Gasteiger partial charge in [0.2, 0.25) is 0 Å². The Morgan fingerprint density at radius 2 is 1.72 bits per heavy atom. The summed E-state index contributed by atoms with van der Waals surface area (Å²) in [5, 5.41) is 0.978. The summed E-state index contributed by atoms with van der Waals surface area (Å²) in [6.07, 6.45) is 2.89. The summed E-state index contributed by atoms with van der Waals surface area (Å²) < 4.78 is 31.4. The van der Waals surface area contributed by atoms with Crippen LogP contribution >= 0.6 is 15.9 Å². The Balaban J connectivity index is 2.15. The number of fused-ring (bicyclic) bond motifs is 1. The molecule has 2 aromatic rings. The molecule has 0 aromatic heterocycles.